The fourth-order valence-electron chi connectivity index (χ4n) is 6.28. The Balaban J connectivity index is 1.42. The molecule has 2 saturated heterocycles. The molecule has 2 aromatic carbocycles. The van der Waals surface area contributed by atoms with Gasteiger partial charge in [0.15, 0.2) is 0 Å². The summed E-state index contributed by atoms with van der Waals surface area (Å²) in [6.45, 7) is 0.170. The van der Waals surface area contributed by atoms with Gasteiger partial charge in [0.1, 0.15) is 0 Å². The summed E-state index contributed by atoms with van der Waals surface area (Å²) < 4.78 is 0. The van der Waals surface area contributed by atoms with E-state index in [1.54, 1.807) is 0 Å². The van der Waals surface area contributed by atoms with Crippen molar-refractivity contribution in [1.29, 1.82) is 0 Å². The van der Waals surface area contributed by atoms with Gasteiger partial charge in [-0.2, -0.15) is 0 Å². The van der Waals surface area contributed by atoms with E-state index in [2.05, 4.69) is 34.5 Å². The molecule has 3 aliphatic rings. The highest BCUT2D eigenvalue weighted by Crippen LogP contribution is 2.52. The number of carbonyl (C=O) groups excluding carboxylic acids is 2. The lowest BCUT2D eigenvalue weighted by molar-refractivity contribution is -0.139. The van der Waals surface area contributed by atoms with Crippen LogP contribution in [-0.2, 0) is 28.9 Å². The highest BCUT2D eigenvalue weighted by Gasteiger charge is 2.61. The van der Waals surface area contributed by atoms with E-state index < -0.39 is 5.41 Å². The summed E-state index contributed by atoms with van der Waals surface area (Å²) >= 11 is 0. The lowest BCUT2D eigenvalue weighted by Crippen LogP contribution is -2.52. The van der Waals surface area contributed by atoms with Crippen LogP contribution in [0, 0.1) is 11.3 Å². The fourth-order valence-corrected chi connectivity index (χ4v) is 6.28. The average molecular weight is 419 g/mol. The number of aliphatic hydroxyl groups excluding tert-OH is 1. The Morgan fingerprint density at radius 1 is 1.00 bits per heavy atom. The number of benzene rings is 2. The van der Waals surface area contributed by atoms with Gasteiger partial charge in [-0.25, -0.2) is 0 Å². The molecule has 2 aromatic rings. The lowest BCUT2D eigenvalue weighted by atomic mass is 9.69. The van der Waals surface area contributed by atoms with Crippen molar-refractivity contribution in [3.8, 4) is 0 Å². The molecule has 0 saturated carbocycles. The molecule has 162 valence electrons. The molecule has 2 heterocycles. The number of fused-ring (bicyclic) bond motifs is 3. The van der Waals surface area contributed by atoms with Gasteiger partial charge in [0.2, 0.25) is 11.8 Å². The molecular formula is C26H30N2O3. The summed E-state index contributed by atoms with van der Waals surface area (Å²) in [4.78, 5) is 29.2. The SMILES string of the molecule is O=C(C1Cc2ccccc2C1)N1[C@@H]2CC[C@H]1[C@@](Cc1ccccc1)(C(=O)NCCO)C2. The standard InChI is InChI=1S/C26H30N2O3/c29-13-12-27-25(31)26(16-18-6-2-1-3-7-18)17-22-10-11-23(26)28(22)24(30)21-14-19-8-4-5-9-20(19)15-21/h1-9,21-23,29H,10-17H2,(H,27,31)/t22-,23+,26+/m1/s1. The smallest absolute Gasteiger partial charge is 0.228 e. The maximum atomic E-state index is 13.7. The zero-order valence-electron chi connectivity index (χ0n) is 17.8. The Bertz CT molecular complexity index is 951. The van der Waals surface area contributed by atoms with Crippen LogP contribution in [0.25, 0.3) is 0 Å². The van der Waals surface area contributed by atoms with Gasteiger partial charge in [0.25, 0.3) is 0 Å². The third-order valence-electron chi connectivity index (χ3n) is 7.61. The summed E-state index contributed by atoms with van der Waals surface area (Å²) in [6.07, 6.45) is 4.77. The van der Waals surface area contributed by atoms with E-state index in [4.69, 9.17) is 0 Å². The van der Waals surface area contributed by atoms with Crippen LogP contribution in [0.4, 0.5) is 0 Å². The van der Waals surface area contributed by atoms with E-state index in [-0.39, 0.29) is 43.0 Å². The summed E-state index contributed by atoms with van der Waals surface area (Å²) in [5.41, 5.74) is 3.06. The minimum Gasteiger partial charge on any atom is -0.395 e. The van der Waals surface area contributed by atoms with Crippen molar-refractivity contribution in [3.63, 3.8) is 0 Å². The van der Waals surface area contributed by atoms with Crippen LogP contribution in [0.15, 0.2) is 54.6 Å². The first-order valence-electron chi connectivity index (χ1n) is 11.4. The van der Waals surface area contributed by atoms with Crippen LogP contribution in [0.1, 0.15) is 36.0 Å². The summed E-state index contributed by atoms with van der Waals surface area (Å²) in [6, 6.07) is 18.5. The second-order valence-electron chi connectivity index (χ2n) is 9.37. The van der Waals surface area contributed by atoms with Crippen molar-refractivity contribution in [3.05, 3.63) is 71.3 Å². The maximum Gasteiger partial charge on any atom is 0.228 e. The molecule has 2 bridgehead atoms. The molecule has 5 rings (SSSR count). The van der Waals surface area contributed by atoms with Gasteiger partial charge in [-0.05, 0) is 55.2 Å². The zero-order valence-corrected chi connectivity index (χ0v) is 17.8. The average Bonchev–Trinajstić information content (AvgIpc) is 3.49. The Labute approximate surface area is 183 Å². The predicted molar refractivity (Wildman–Crippen MR) is 118 cm³/mol. The van der Waals surface area contributed by atoms with Gasteiger partial charge in [-0.1, -0.05) is 54.6 Å². The van der Waals surface area contributed by atoms with E-state index in [1.807, 2.05) is 30.3 Å². The van der Waals surface area contributed by atoms with Crippen molar-refractivity contribution >= 4 is 11.8 Å². The van der Waals surface area contributed by atoms with Crippen LogP contribution in [0.3, 0.4) is 0 Å². The summed E-state index contributed by atoms with van der Waals surface area (Å²) in [5.74, 6) is 0.173. The van der Waals surface area contributed by atoms with E-state index in [0.29, 0.717) is 12.8 Å². The van der Waals surface area contributed by atoms with Crippen molar-refractivity contribution in [2.45, 2.75) is 50.6 Å². The molecule has 5 nitrogen and oxygen atoms in total. The van der Waals surface area contributed by atoms with Crippen LogP contribution in [0.5, 0.6) is 0 Å². The summed E-state index contributed by atoms with van der Waals surface area (Å²) in [5, 5.41) is 12.2. The first-order valence-corrected chi connectivity index (χ1v) is 11.4. The molecule has 3 atom stereocenters. The topological polar surface area (TPSA) is 69.6 Å². The highest BCUT2D eigenvalue weighted by atomic mass is 16.3. The quantitative estimate of drug-likeness (QED) is 0.757. The largest absolute Gasteiger partial charge is 0.395 e. The van der Waals surface area contributed by atoms with Crippen molar-refractivity contribution < 1.29 is 14.7 Å². The van der Waals surface area contributed by atoms with E-state index in [1.165, 1.54) is 11.1 Å². The predicted octanol–water partition coefficient (Wildman–Crippen LogP) is 2.50. The Morgan fingerprint density at radius 2 is 1.68 bits per heavy atom. The number of carbonyl (C=O) groups is 2. The third kappa shape index (κ3) is 3.45. The van der Waals surface area contributed by atoms with Crippen molar-refractivity contribution in [2.24, 2.45) is 11.3 Å². The first-order chi connectivity index (χ1) is 15.1. The highest BCUT2D eigenvalue weighted by molar-refractivity contribution is 5.88. The molecule has 0 unspecified atom stereocenters. The number of aliphatic hydroxyl groups is 1. The van der Waals surface area contributed by atoms with Crippen molar-refractivity contribution in [1.82, 2.24) is 10.2 Å². The maximum absolute atomic E-state index is 13.7. The minimum absolute atomic E-state index is 0.0199. The second-order valence-corrected chi connectivity index (χ2v) is 9.37. The molecule has 0 spiro atoms. The zero-order chi connectivity index (χ0) is 21.4. The molecular weight excluding hydrogens is 388 g/mol. The monoisotopic (exact) mass is 418 g/mol. The van der Waals surface area contributed by atoms with E-state index in [9.17, 15) is 14.7 Å². The molecule has 2 fully saturated rings. The fraction of sp³-hybridized carbons (Fsp3) is 0.462. The van der Waals surface area contributed by atoms with Gasteiger partial charge in [0, 0.05) is 24.5 Å². The minimum atomic E-state index is -0.624. The van der Waals surface area contributed by atoms with Gasteiger partial charge in [-0.3, -0.25) is 9.59 Å². The third-order valence-corrected chi connectivity index (χ3v) is 7.61. The number of amides is 2. The molecule has 31 heavy (non-hydrogen) atoms. The van der Waals surface area contributed by atoms with E-state index in [0.717, 1.165) is 31.2 Å². The molecule has 5 heteroatoms. The molecule has 1 aliphatic carbocycles. The van der Waals surface area contributed by atoms with Crippen LogP contribution < -0.4 is 5.32 Å². The van der Waals surface area contributed by atoms with Crippen LogP contribution >= 0.6 is 0 Å². The number of hydrogen-bond donors (Lipinski definition) is 2. The van der Waals surface area contributed by atoms with E-state index >= 15 is 0 Å². The Kier molecular flexibility index (Phi) is 5.30. The number of nitrogens with one attached hydrogen (secondary N) is 1. The Hall–Kier alpha value is -2.66. The van der Waals surface area contributed by atoms with Gasteiger partial charge >= 0.3 is 0 Å². The lowest BCUT2D eigenvalue weighted by Gasteiger charge is -2.36. The second kappa shape index (κ2) is 8.12. The summed E-state index contributed by atoms with van der Waals surface area (Å²) in [7, 11) is 0. The first kappa shape index (κ1) is 20.3. The molecule has 2 N–H and O–H groups in total. The molecule has 0 radical (unpaired) electrons. The normalized spacial score (nSPS) is 26.8. The number of rotatable bonds is 6. The van der Waals surface area contributed by atoms with Crippen LogP contribution in [0.2, 0.25) is 0 Å². The Morgan fingerprint density at radius 3 is 2.35 bits per heavy atom. The van der Waals surface area contributed by atoms with Gasteiger partial charge in [-0.15, -0.1) is 0 Å². The molecule has 2 aliphatic heterocycles. The van der Waals surface area contributed by atoms with Crippen molar-refractivity contribution in [2.75, 3.05) is 13.2 Å². The molecule has 0 aromatic heterocycles. The molecule has 2 amide bonds. The van der Waals surface area contributed by atoms with Gasteiger partial charge in [0.05, 0.1) is 12.0 Å². The van der Waals surface area contributed by atoms with Gasteiger partial charge < -0.3 is 15.3 Å². The number of hydrogen-bond acceptors (Lipinski definition) is 3. The van der Waals surface area contributed by atoms with Crippen LogP contribution in [-0.4, -0.2) is 47.1 Å². The number of nitrogens with zero attached hydrogens (tertiary/aromatic N) is 1.